The van der Waals surface area contributed by atoms with E-state index >= 15 is 0 Å². The lowest BCUT2D eigenvalue weighted by Gasteiger charge is -2.33. The van der Waals surface area contributed by atoms with Crippen LogP contribution in [0.2, 0.25) is 0 Å². The Morgan fingerprint density at radius 1 is 1.50 bits per heavy atom. The number of rotatable bonds is 2. The minimum absolute atomic E-state index is 0.514. The lowest BCUT2D eigenvalue weighted by Crippen LogP contribution is -2.41. The maximum absolute atomic E-state index is 9.37. The molecule has 0 bridgehead atoms. The highest BCUT2D eigenvalue weighted by Gasteiger charge is 2.35. The summed E-state index contributed by atoms with van der Waals surface area (Å²) in [6.45, 7) is 0. The number of aryl methyl sites for hydroxylation is 1. The fourth-order valence-corrected chi connectivity index (χ4v) is 2.43. The van der Waals surface area contributed by atoms with Gasteiger partial charge in [0, 0.05) is 0 Å². The zero-order valence-electron chi connectivity index (χ0n) is 9.71. The number of nitrogens with one attached hydrogen (secondary N) is 1. The maximum atomic E-state index is 9.37. The average Bonchev–Trinajstić information content (AvgIpc) is 2.37. The standard InChI is InChI=1S/C13H16N2O/c1-15-13(9-14)7-3-4-10-8-11(16-2)5-6-12(10)13/h5-6,8,15H,3-4,7H2,1-2H3. The van der Waals surface area contributed by atoms with Gasteiger partial charge in [0.25, 0.3) is 0 Å². The van der Waals surface area contributed by atoms with Crippen molar-refractivity contribution in [3.8, 4) is 11.8 Å². The highest BCUT2D eigenvalue weighted by atomic mass is 16.5. The van der Waals surface area contributed by atoms with Gasteiger partial charge in [-0.15, -0.1) is 0 Å². The molecule has 1 unspecified atom stereocenters. The highest BCUT2D eigenvalue weighted by Crippen LogP contribution is 2.36. The normalized spacial score (nSPS) is 23.3. The lowest BCUT2D eigenvalue weighted by atomic mass is 9.77. The molecule has 1 aromatic rings. The summed E-state index contributed by atoms with van der Waals surface area (Å²) in [4.78, 5) is 0. The van der Waals surface area contributed by atoms with Gasteiger partial charge in [-0.2, -0.15) is 5.26 Å². The predicted octanol–water partition coefficient (Wildman–Crippen LogP) is 1.97. The van der Waals surface area contributed by atoms with Crippen LogP contribution in [0.25, 0.3) is 0 Å². The summed E-state index contributed by atoms with van der Waals surface area (Å²) >= 11 is 0. The van der Waals surface area contributed by atoms with Crippen LogP contribution in [-0.2, 0) is 12.0 Å². The predicted molar refractivity (Wildman–Crippen MR) is 62.3 cm³/mol. The first kappa shape index (κ1) is 11.0. The van der Waals surface area contributed by atoms with Gasteiger partial charge in [0.1, 0.15) is 11.3 Å². The summed E-state index contributed by atoms with van der Waals surface area (Å²) in [6, 6.07) is 8.38. The molecule has 0 fully saturated rings. The molecule has 0 aliphatic heterocycles. The maximum Gasteiger partial charge on any atom is 0.132 e. The smallest absolute Gasteiger partial charge is 0.132 e. The van der Waals surface area contributed by atoms with Crippen LogP contribution >= 0.6 is 0 Å². The van der Waals surface area contributed by atoms with E-state index in [9.17, 15) is 5.26 Å². The second-order valence-corrected chi connectivity index (χ2v) is 4.14. The number of methoxy groups -OCH3 is 1. The number of benzene rings is 1. The molecular formula is C13H16N2O. The van der Waals surface area contributed by atoms with E-state index in [-0.39, 0.29) is 0 Å². The number of ether oxygens (including phenoxy) is 1. The molecule has 3 nitrogen and oxygen atoms in total. The first-order valence-electron chi connectivity index (χ1n) is 5.53. The van der Waals surface area contributed by atoms with Gasteiger partial charge in [0.2, 0.25) is 0 Å². The van der Waals surface area contributed by atoms with E-state index in [1.54, 1.807) is 7.11 Å². The minimum atomic E-state index is -0.514. The molecule has 1 aliphatic rings. The molecule has 3 heteroatoms. The van der Waals surface area contributed by atoms with E-state index in [1.165, 1.54) is 5.56 Å². The van der Waals surface area contributed by atoms with Crippen LogP contribution in [0.4, 0.5) is 0 Å². The van der Waals surface area contributed by atoms with Gasteiger partial charge in [-0.3, -0.25) is 5.32 Å². The van der Waals surface area contributed by atoms with Crippen LogP contribution in [0.3, 0.4) is 0 Å². The molecule has 1 aromatic carbocycles. The fourth-order valence-electron chi connectivity index (χ4n) is 2.43. The van der Waals surface area contributed by atoms with Crippen LogP contribution < -0.4 is 10.1 Å². The van der Waals surface area contributed by atoms with Gasteiger partial charge < -0.3 is 4.74 Å². The highest BCUT2D eigenvalue weighted by molar-refractivity contribution is 5.44. The van der Waals surface area contributed by atoms with Crippen molar-refractivity contribution in [1.29, 1.82) is 5.26 Å². The van der Waals surface area contributed by atoms with Crippen molar-refractivity contribution in [2.24, 2.45) is 0 Å². The summed E-state index contributed by atoms with van der Waals surface area (Å²) in [6.07, 6.45) is 2.94. The number of hydrogen-bond acceptors (Lipinski definition) is 3. The fraction of sp³-hybridized carbons (Fsp3) is 0.462. The number of nitrogens with zero attached hydrogens (tertiary/aromatic N) is 1. The van der Waals surface area contributed by atoms with Gasteiger partial charge >= 0.3 is 0 Å². The second-order valence-electron chi connectivity index (χ2n) is 4.14. The zero-order chi connectivity index (χ0) is 11.6. The summed E-state index contributed by atoms with van der Waals surface area (Å²) in [5.41, 5.74) is 1.81. The largest absolute Gasteiger partial charge is 0.497 e. The van der Waals surface area contributed by atoms with Crippen molar-refractivity contribution in [1.82, 2.24) is 5.32 Å². The SMILES string of the molecule is CNC1(C#N)CCCc2cc(OC)ccc21. The summed E-state index contributed by atoms with van der Waals surface area (Å²) in [7, 11) is 3.52. The molecule has 1 N–H and O–H groups in total. The van der Waals surface area contributed by atoms with Crippen molar-refractivity contribution in [3.63, 3.8) is 0 Å². The van der Waals surface area contributed by atoms with Gasteiger partial charge in [-0.05, 0) is 49.6 Å². The van der Waals surface area contributed by atoms with Gasteiger partial charge in [-0.1, -0.05) is 6.07 Å². The van der Waals surface area contributed by atoms with Crippen LogP contribution in [0.1, 0.15) is 24.0 Å². The quantitative estimate of drug-likeness (QED) is 0.822. The van der Waals surface area contributed by atoms with Gasteiger partial charge in [0.05, 0.1) is 13.2 Å². The van der Waals surface area contributed by atoms with Crippen molar-refractivity contribution in [2.45, 2.75) is 24.8 Å². The Kier molecular flexibility index (Phi) is 2.84. The molecule has 0 saturated carbocycles. The van der Waals surface area contributed by atoms with E-state index in [0.717, 1.165) is 30.6 Å². The van der Waals surface area contributed by atoms with Crippen LogP contribution in [-0.4, -0.2) is 14.2 Å². The summed E-state index contributed by atoms with van der Waals surface area (Å²) < 4.78 is 5.21. The van der Waals surface area contributed by atoms with Crippen molar-refractivity contribution < 1.29 is 4.74 Å². The molecule has 0 amide bonds. The van der Waals surface area contributed by atoms with Crippen LogP contribution in [0.15, 0.2) is 18.2 Å². The lowest BCUT2D eigenvalue weighted by molar-refractivity contribution is 0.388. The Labute approximate surface area is 96.0 Å². The molecule has 0 spiro atoms. The molecule has 84 valence electrons. The summed E-state index contributed by atoms with van der Waals surface area (Å²) in [5.74, 6) is 0.864. The molecule has 1 aliphatic carbocycles. The van der Waals surface area contributed by atoms with E-state index in [1.807, 2.05) is 25.2 Å². The first-order chi connectivity index (χ1) is 7.75. The molecule has 16 heavy (non-hydrogen) atoms. The third-order valence-corrected chi connectivity index (χ3v) is 3.39. The Morgan fingerprint density at radius 3 is 2.94 bits per heavy atom. The Balaban J connectivity index is 2.52. The van der Waals surface area contributed by atoms with Crippen LogP contribution in [0, 0.1) is 11.3 Å². The average molecular weight is 216 g/mol. The van der Waals surface area contributed by atoms with E-state index in [4.69, 9.17) is 4.74 Å². The van der Waals surface area contributed by atoms with Crippen molar-refractivity contribution in [2.75, 3.05) is 14.2 Å². The molecule has 0 aromatic heterocycles. The molecule has 0 heterocycles. The third kappa shape index (κ3) is 1.56. The Hall–Kier alpha value is -1.53. The van der Waals surface area contributed by atoms with Crippen molar-refractivity contribution in [3.05, 3.63) is 29.3 Å². The summed E-state index contributed by atoms with van der Waals surface area (Å²) in [5, 5.41) is 12.5. The second kappa shape index (κ2) is 4.15. The zero-order valence-corrected chi connectivity index (χ0v) is 9.71. The molecular weight excluding hydrogens is 200 g/mol. The van der Waals surface area contributed by atoms with E-state index < -0.39 is 5.54 Å². The molecule has 2 rings (SSSR count). The minimum Gasteiger partial charge on any atom is -0.497 e. The Bertz CT molecular complexity index is 436. The topological polar surface area (TPSA) is 45.0 Å². The molecule has 1 atom stereocenters. The number of fused-ring (bicyclic) bond motifs is 1. The first-order valence-corrected chi connectivity index (χ1v) is 5.53. The Morgan fingerprint density at radius 2 is 2.31 bits per heavy atom. The number of hydrogen-bond donors (Lipinski definition) is 1. The van der Waals surface area contributed by atoms with Crippen molar-refractivity contribution >= 4 is 0 Å². The van der Waals surface area contributed by atoms with Gasteiger partial charge in [-0.25, -0.2) is 0 Å². The van der Waals surface area contributed by atoms with E-state index in [2.05, 4.69) is 11.4 Å². The van der Waals surface area contributed by atoms with Gasteiger partial charge in [0.15, 0.2) is 0 Å². The van der Waals surface area contributed by atoms with Crippen LogP contribution in [0.5, 0.6) is 5.75 Å². The number of nitriles is 1. The monoisotopic (exact) mass is 216 g/mol. The van der Waals surface area contributed by atoms with E-state index in [0.29, 0.717) is 0 Å². The molecule has 0 saturated heterocycles. The third-order valence-electron chi connectivity index (χ3n) is 3.39. The molecule has 0 radical (unpaired) electrons.